The van der Waals surface area contributed by atoms with Crippen molar-refractivity contribution < 1.29 is 14.4 Å². The average Bonchev–Trinajstić information content (AvgIpc) is 2.54. The van der Waals surface area contributed by atoms with Gasteiger partial charge in [0.25, 0.3) is 0 Å². The zero-order valence-corrected chi connectivity index (χ0v) is 13.6. The summed E-state index contributed by atoms with van der Waals surface area (Å²) in [5.41, 5.74) is 0. The predicted molar refractivity (Wildman–Crippen MR) is 83.0 cm³/mol. The van der Waals surface area contributed by atoms with E-state index >= 15 is 0 Å². The molecule has 6 heteroatoms. The lowest BCUT2D eigenvalue weighted by molar-refractivity contribution is -0.146. The van der Waals surface area contributed by atoms with Gasteiger partial charge in [-0.2, -0.15) is 0 Å². The number of piperidine rings is 2. The first-order chi connectivity index (χ1) is 10.5. The van der Waals surface area contributed by atoms with Crippen LogP contribution in [0.15, 0.2) is 0 Å². The number of likely N-dealkylation sites (tertiary alicyclic amines) is 2. The van der Waals surface area contributed by atoms with Crippen LogP contribution in [0.3, 0.4) is 0 Å². The summed E-state index contributed by atoms with van der Waals surface area (Å²) in [5, 5.41) is 2.92. The van der Waals surface area contributed by atoms with Gasteiger partial charge in [0, 0.05) is 45.6 Å². The summed E-state index contributed by atoms with van der Waals surface area (Å²) in [4.78, 5) is 39.9. The van der Waals surface area contributed by atoms with Crippen molar-refractivity contribution in [1.29, 1.82) is 0 Å². The molecule has 2 aliphatic rings. The van der Waals surface area contributed by atoms with Crippen LogP contribution in [0, 0.1) is 11.8 Å². The number of hydrogen-bond donors (Lipinski definition) is 1. The van der Waals surface area contributed by atoms with E-state index in [1.807, 2.05) is 6.92 Å². The Morgan fingerprint density at radius 3 is 2.68 bits per heavy atom. The van der Waals surface area contributed by atoms with Crippen LogP contribution in [0.5, 0.6) is 0 Å². The maximum Gasteiger partial charge on any atom is 0.226 e. The van der Waals surface area contributed by atoms with Crippen LogP contribution in [0.4, 0.5) is 0 Å². The minimum Gasteiger partial charge on any atom is -0.356 e. The summed E-state index contributed by atoms with van der Waals surface area (Å²) in [7, 11) is 1.78. The smallest absolute Gasteiger partial charge is 0.226 e. The third kappa shape index (κ3) is 3.99. The van der Waals surface area contributed by atoms with Crippen LogP contribution in [-0.2, 0) is 14.4 Å². The van der Waals surface area contributed by atoms with E-state index in [-0.39, 0.29) is 29.6 Å². The standard InChI is InChI=1S/C16H27N3O3/c1-3-7-17-15(21)13-5-4-8-19(11-13)16(22)12-6-9-18(2)14(20)10-12/h12-13H,3-11H2,1-2H3,(H,17,21). The Morgan fingerprint density at radius 1 is 1.23 bits per heavy atom. The summed E-state index contributed by atoms with van der Waals surface area (Å²) in [5.74, 6) is -0.167. The molecule has 3 amide bonds. The van der Waals surface area contributed by atoms with Crippen molar-refractivity contribution in [3.05, 3.63) is 0 Å². The molecule has 0 spiro atoms. The molecule has 2 saturated heterocycles. The topological polar surface area (TPSA) is 69.7 Å². The molecule has 0 saturated carbocycles. The van der Waals surface area contributed by atoms with Gasteiger partial charge >= 0.3 is 0 Å². The van der Waals surface area contributed by atoms with Gasteiger partial charge in [-0.25, -0.2) is 0 Å². The third-order valence-corrected chi connectivity index (χ3v) is 4.66. The quantitative estimate of drug-likeness (QED) is 0.827. The molecular weight excluding hydrogens is 282 g/mol. The lowest BCUT2D eigenvalue weighted by atomic mass is 9.91. The fraction of sp³-hybridized carbons (Fsp3) is 0.812. The highest BCUT2D eigenvalue weighted by Crippen LogP contribution is 2.24. The monoisotopic (exact) mass is 309 g/mol. The molecule has 2 aliphatic heterocycles. The van der Waals surface area contributed by atoms with Gasteiger partial charge in [-0.3, -0.25) is 14.4 Å². The Morgan fingerprint density at radius 2 is 2.00 bits per heavy atom. The number of amides is 3. The van der Waals surface area contributed by atoms with Crippen LogP contribution in [0.1, 0.15) is 39.0 Å². The first-order valence-corrected chi connectivity index (χ1v) is 8.33. The van der Waals surface area contributed by atoms with E-state index in [9.17, 15) is 14.4 Å². The van der Waals surface area contributed by atoms with Gasteiger partial charge in [-0.15, -0.1) is 0 Å². The molecular formula is C16H27N3O3. The van der Waals surface area contributed by atoms with Gasteiger partial charge in [0.15, 0.2) is 0 Å². The van der Waals surface area contributed by atoms with E-state index in [1.165, 1.54) is 0 Å². The maximum atomic E-state index is 12.6. The SMILES string of the molecule is CCCNC(=O)C1CCCN(C(=O)C2CCN(C)C(=O)C2)C1. The van der Waals surface area contributed by atoms with E-state index in [1.54, 1.807) is 16.8 Å². The highest BCUT2D eigenvalue weighted by Gasteiger charge is 2.34. The normalized spacial score (nSPS) is 26.0. The molecule has 0 aromatic rings. The lowest BCUT2D eigenvalue weighted by Crippen LogP contribution is -2.49. The third-order valence-electron chi connectivity index (χ3n) is 4.66. The second kappa shape index (κ2) is 7.61. The highest BCUT2D eigenvalue weighted by molar-refractivity contribution is 5.87. The van der Waals surface area contributed by atoms with Gasteiger partial charge in [0.05, 0.1) is 5.92 Å². The molecule has 0 aromatic heterocycles. The molecule has 0 aromatic carbocycles. The molecule has 22 heavy (non-hydrogen) atoms. The summed E-state index contributed by atoms with van der Waals surface area (Å²) in [6.07, 6.45) is 3.64. The van der Waals surface area contributed by atoms with E-state index in [2.05, 4.69) is 5.32 Å². The predicted octanol–water partition coefficient (Wildman–Crippen LogP) is 0.620. The van der Waals surface area contributed by atoms with Gasteiger partial charge < -0.3 is 15.1 Å². The Hall–Kier alpha value is -1.59. The average molecular weight is 309 g/mol. The van der Waals surface area contributed by atoms with Crippen molar-refractivity contribution in [2.75, 3.05) is 33.2 Å². The summed E-state index contributed by atoms with van der Waals surface area (Å²) < 4.78 is 0. The number of carbonyl (C=O) groups is 3. The maximum absolute atomic E-state index is 12.6. The largest absolute Gasteiger partial charge is 0.356 e. The fourth-order valence-corrected chi connectivity index (χ4v) is 3.20. The first-order valence-electron chi connectivity index (χ1n) is 8.33. The minimum atomic E-state index is -0.207. The van der Waals surface area contributed by atoms with Crippen molar-refractivity contribution >= 4 is 17.7 Å². The molecule has 2 fully saturated rings. The molecule has 2 rings (SSSR count). The fourth-order valence-electron chi connectivity index (χ4n) is 3.20. The van der Waals surface area contributed by atoms with Crippen LogP contribution in [0.25, 0.3) is 0 Å². The molecule has 0 radical (unpaired) electrons. The van der Waals surface area contributed by atoms with Crippen LogP contribution >= 0.6 is 0 Å². The zero-order valence-electron chi connectivity index (χ0n) is 13.6. The molecule has 2 unspecified atom stereocenters. The second-order valence-corrected chi connectivity index (χ2v) is 6.42. The van der Waals surface area contributed by atoms with Gasteiger partial charge in [-0.1, -0.05) is 6.92 Å². The minimum absolute atomic E-state index is 0.0406. The van der Waals surface area contributed by atoms with Crippen molar-refractivity contribution in [3.63, 3.8) is 0 Å². The second-order valence-electron chi connectivity index (χ2n) is 6.42. The van der Waals surface area contributed by atoms with Crippen molar-refractivity contribution in [2.45, 2.75) is 39.0 Å². The molecule has 2 atom stereocenters. The van der Waals surface area contributed by atoms with Gasteiger partial charge in [0.2, 0.25) is 17.7 Å². The number of rotatable bonds is 4. The zero-order chi connectivity index (χ0) is 16.1. The van der Waals surface area contributed by atoms with Gasteiger partial charge in [-0.05, 0) is 25.7 Å². The molecule has 2 heterocycles. The summed E-state index contributed by atoms with van der Waals surface area (Å²) >= 11 is 0. The Labute approximate surface area is 132 Å². The van der Waals surface area contributed by atoms with Crippen LogP contribution < -0.4 is 5.32 Å². The molecule has 0 aliphatic carbocycles. The highest BCUT2D eigenvalue weighted by atomic mass is 16.2. The number of nitrogens with one attached hydrogen (secondary N) is 1. The Kier molecular flexibility index (Phi) is 5.80. The number of hydrogen-bond acceptors (Lipinski definition) is 3. The Bertz CT molecular complexity index is 438. The van der Waals surface area contributed by atoms with Crippen molar-refractivity contribution in [2.24, 2.45) is 11.8 Å². The number of carbonyl (C=O) groups excluding carboxylic acids is 3. The van der Waals surface area contributed by atoms with E-state index in [0.29, 0.717) is 32.6 Å². The molecule has 0 bridgehead atoms. The van der Waals surface area contributed by atoms with Gasteiger partial charge in [0.1, 0.15) is 0 Å². The van der Waals surface area contributed by atoms with Crippen molar-refractivity contribution in [1.82, 2.24) is 15.1 Å². The first kappa shape index (κ1) is 16.8. The summed E-state index contributed by atoms with van der Waals surface area (Å²) in [6, 6.07) is 0. The van der Waals surface area contributed by atoms with Crippen molar-refractivity contribution in [3.8, 4) is 0 Å². The lowest BCUT2D eigenvalue weighted by Gasteiger charge is -2.36. The van der Waals surface area contributed by atoms with Crippen LogP contribution in [-0.4, -0.2) is 60.7 Å². The Balaban J connectivity index is 1.90. The van der Waals surface area contributed by atoms with E-state index in [0.717, 1.165) is 25.7 Å². The summed E-state index contributed by atoms with van der Waals surface area (Å²) in [6.45, 7) is 4.55. The molecule has 6 nitrogen and oxygen atoms in total. The molecule has 1 N–H and O–H groups in total. The van der Waals surface area contributed by atoms with E-state index in [4.69, 9.17) is 0 Å². The number of nitrogens with zero attached hydrogens (tertiary/aromatic N) is 2. The molecule has 124 valence electrons. The van der Waals surface area contributed by atoms with E-state index < -0.39 is 0 Å². The van der Waals surface area contributed by atoms with Crippen LogP contribution in [0.2, 0.25) is 0 Å².